The molecular formula is C18H29NO. The molecule has 1 fully saturated rings. The highest BCUT2D eigenvalue weighted by Crippen LogP contribution is 2.21. The number of nitrogens with one attached hydrogen (secondary N) is 1. The van der Waals surface area contributed by atoms with E-state index in [-0.39, 0.29) is 5.54 Å². The van der Waals surface area contributed by atoms with Crippen molar-refractivity contribution in [1.82, 2.24) is 5.32 Å². The first-order valence-electron chi connectivity index (χ1n) is 7.97. The number of hydrogen-bond acceptors (Lipinski definition) is 2. The van der Waals surface area contributed by atoms with E-state index in [1.165, 1.54) is 43.2 Å². The number of rotatable bonds is 5. The summed E-state index contributed by atoms with van der Waals surface area (Å²) in [6, 6.07) is 8.81. The Morgan fingerprint density at radius 2 is 1.60 bits per heavy atom. The van der Waals surface area contributed by atoms with Crippen LogP contribution in [0.4, 0.5) is 0 Å². The third kappa shape index (κ3) is 5.64. The van der Waals surface area contributed by atoms with Crippen molar-refractivity contribution in [1.29, 1.82) is 0 Å². The van der Waals surface area contributed by atoms with Gasteiger partial charge in [0, 0.05) is 12.1 Å². The van der Waals surface area contributed by atoms with Gasteiger partial charge in [0.2, 0.25) is 0 Å². The van der Waals surface area contributed by atoms with Crippen LogP contribution in [0.15, 0.2) is 24.3 Å². The van der Waals surface area contributed by atoms with Crippen LogP contribution >= 0.6 is 0 Å². The Morgan fingerprint density at radius 1 is 1.00 bits per heavy atom. The Bertz CT molecular complexity index is 385. The molecule has 1 N–H and O–H groups in total. The minimum absolute atomic E-state index is 0.169. The Kier molecular flexibility index (Phi) is 5.62. The summed E-state index contributed by atoms with van der Waals surface area (Å²) in [7, 11) is 0. The molecule has 1 aliphatic rings. The molecule has 1 aliphatic carbocycles. The fourth-order valence-electron chi connectivity index (χ4n) is 2.57. The molecule has 2 rings (SSSR count). The SMILES string of the molecule is CC(C)(C)NCc1ccc(COC2CCCCC2)cc1. The van der Waals surface area contributed by atoms with Gasteiger partial charge in [0.1, 0.15) is 0 Å². The minimum atomic E-state index is 0.169. The lowest BCUT2D eigenvalue weighted by Gasteiger charge is -2.22. The van der Waals surface area contributed by atoms with Crippen LogP contribution in [0.2, 0.25) is 0 Å². The zero-order valence-corrected chi connectivity index (χ0v) is 13.2. The van der Waals surface area contributed by atoms with Gasteiger partial charge in [0.25, 0.3) is 0 Å². The van der Waals surface area contributed by atoms with E-state index in [0.717, 1.165) is 13.2 Å². The van der Waals surface area contributed by atoms with Crippen molar-refractivity contribution in [3.05, 3.63) is 35.4 Å². The highest BCUT2D eigenvalue weighted by molar-refractivity contribution is 5.22. The molecule has 0 atom stereocenters. The van der Waals surface area contributed by atoms with Gasteiger partial charge in [-0.05, 0) is 44.7 Å². The van der Waals surface area contributed by atoms with Crippen molar-refractivity contribution in [3.8, 4) is 0 Å². The Balaban J connectivity index is 1.76. The fourth-order valence-corrected chi connectivity index (χ4v) is 2.57. The van der Waals surface area contributed by atoms with Crippen molar-refractivity contribution >= 4 is 0 Å². The highest BCUT2D eigenvalue weighted by Gasteiger charge is 2.13. The normalized spacial score (nSPS) is 17.4. The van der Waals surface area contributed by atoms with Gasteiger partial charge in [-0.3, -0.25) is 0 Å². The average molecular weight is 275 g/mol. The molecule has 0 bridgehead atoms. The number of benzene rings is 1. The highest BCUT2D eigenvalue weighted by atomic mass is 16.5. The predicted octanol–water partition coefficient (Wildman–Crippen LogP) is 4.42. The smallest absolute Gasteiger partial charge is 0.0720 e. The third-order valence-corrected chi connectivity index (χ3v) is 3.88. The zero-order valence-electron chi connectivity index (χ0n) is 13.2. The van der Waals surface area contributed by atoms with Crippen LogP contribution < -0.4 is 5.32 Å². The first-order valence-corrected chi connectivity index (χ1v) is 7.97. The summed E-state index contributed by atoms with van der Waals surface area (Å²) >= 11 is 0. The van der Waals surface area contributed by atoms with Crippen molar-refractivity contribution in [2.45, 2.75) is 77.7 Å². The average Bonchev–Trinajstić information content (AvgIpc) is 2.44. The third-order valence-electron chi connectivity index (χ3n) is 3.88. The summed E-state index contributed by atoms with van der Waals surface area (Å²) in [6.07, 6.45) is 7.03. The molecule has 2 nitrogen and oxygen atoms in total. The molecule has 20 heavy (non-hydrogen) atoms. The summed E-state index contributed by atoms with van der Waals surface area (Å²) in [6.45, 7) is 8.27. The maximum atomic E-state index is 6.01. The molecule has 0 aromatic heterocycles. The molecule has 2 heteroatoms. The van der Waals surface area contributed by atoms with Crippen molar-refractivity contribution in [2.75, 3.05) is 0 Å². The second kappa shape index (κ2) is 7.24. The van der Waals surface area contributed by atoms with Crippen molar-refractivity contribution < 1.29 is 4.74 Å². The van der Waals surface area contributed by atoms with Gasteiger partial charge in [-0.2, -0.15) is 0 Å². The number of hydrogen-bond donors (Lipinski definition) is 1. The standard InChI is InChI=1S/C18H29NO/c1-18(2,3)19-13-15-9-11-16(12-10-15)14-20-17-7-5-4-6-8-17/h9-12,17,19H,4-8,13-14H2,1-3H3. The van der Waals surface area contributed by atoms with Crippen LogP contribution in [-0.4, -0.2) is 11.6 Å². The molecule has 1 aromatic carbocycles. The van der Waals surface area contributed by atoms with Crippen LogP contribution in [0.25, 0.3) is 0 Å². The summed E-state index contributed by atoms with van der Waals surface area (Å²) in [5.41, 5.74) is 2.79. The molecule has 0 radical (unpaired) electrons. The van der Waals surface area contributed by atoms with Crippen molar-refractivity contribution in [3.63, 3.8) is 0 Å². The Labute approximate surface area is 123 Å². The molecule has 0 saturated heterocycles. The molecule has 0 amide bonds. The van der Waals surface area contributed by atoms with Gasteiger partial charge in [0.05, 0.1) is 12.7 Å². The van der Waals surface area contributed by atoms with E-state index in [1.807, 2.05) is 0 Å². The summed E-state index contributed by atoms with van der Waals surface area (Å²) in [5, 5.41) is 3.51. The van der Waals surface area contributed by atoms with Crippen molar-refractivity contribution in [2.24, 2.45) is 0 Å². The van der Waals surface area contributed by atoms with Gasteiger partial charge >= 0.3 is 0 Å². The van der Waals surface area contributed by atoms with E-state index in [0.29, 0.717) is 6.10 Å². The second-order valence-electron chi connectivity index (χ2n) is 6.99. The van der Waals surface area contributed by atoms with Gasteiger partial charge in [-0.15, -0.1) is 0 Å². The van der Waals surface area contributed by atoms with Gasteiger partial charge in [0.15, 0.2) is 0 Å². The fraction of sp³-hybridized carbons (Fsp3) is 0.667. The van der Waals surface area contributed by atoms with Crippen LogP contribution in [-0.2, 0) is 17.9 Å². The van der Waals surface area contributed by atoms with E-state index >= 15 is 0 Å². The largest absolute Gasteiger partial charge is 0.374 e. The molecule has 0 spiro atoms. The van der Waals surface area contributed by atoms with E-state index in [4.69, 9.17) is 4.74 Å². The molecule has 0 unspecified atom stereocenters. The van der Waals surface area contributed by atoms with Gasteiger partial charge in [-0.1, -0.05) is 43.5 Å². The Hall–Kier alpha value is -0.860. The molecule has 112 valence electrons. The van der Waals surface area contributed by atoms with Crippen LogP contribution in [0, 0.1) is 0 Å². The van der Waals surface area contributed by atoms with Crippen LogP contribution in [0.1, 0.15) is 64.0 Å². The maximum Gasteiger partial charge on any atom is 0.0720 e. The van der Waals surface area contributed by atoms with Gasteiger partial charge in [-0.25, -0.2) is 0 Å². The molecule has 0 heterocycles. The predicted molar refractivity (Wildman–Crippen MR) is 84.7 cm³/mol. The molecular weight excluding hydrogens is 246 g/mol. The van der Waals surface area contributed by atoms with Gasteiger partial charge < -0.3 is 10.1 Å². The van der Waals surface area contributed by atoms with E-state index in [2.05, 4.69) is 50.4 Å². The monoisotopic (exact) mass is 275 g/mol. The van der Waals surface area contributed by atoms with Crippen LogP contribution in [0.5, 0.6) is 0 Å². The minimum Gasteiger partial charge on any atom is -0.374 e. The Morgan fingerprint density at radius 3 is 2.20 bits per heavy atom. The lowest BCUT2D eigenvalue weighted by atomic mass is 9.98. The zero-order chi connectivity index (χ0) is 14.4. The lowest BCUT2D eigenvalue weighted by molar-refractivity contribution is 0.0168. The first-order chi connectivity index (χ1) is 9.53. The molecule has 1 saturated carbocycles. The summed E-state index contributed by atoms with van der Waals surface area (Å²) in [4.78, 5) is 0. The lowest BCUT2D eigenvalue weighted by Crippen LogP contribution is -2.35. The molecule has 1 aromatic rings. The topological polar surface area (TPSA) is 21.3 Å². The van der Waals surface area contributed by atoms with E-state index < -0.39 is 0 Å². The van der Waals surface area contributed by atoms with E-state index in [9.17, 15) is 0 Å². The molecule has 0 aliphatic heterocycles. The van der Waals surface area contributed by atoms with E-state index in [1.54, 1.807) is 0 Å². The first kappa shape index (κ1) is 15.5. The number of ether oxygens (including phenoxy) is 1. The second-order valence-corrected chi connectivity index (χ2v) is 6.99. The quantitative estimate of drug-likeness (QED) is 0.858. The van der Waals surface area contributed by atoms with Crippen LogP contribution in [0.3, 0.4) is 0 Å². The summed E-state index contributed by atoms with van der Waals surface area (Å²) < 4.78 is 6.01. The maximum absolute atomic E-state index is 6.01. The summed E-state index contributed by atoms with van der Waals surface area (Å²) in [5.74, 6) is 0.